The van der Waals surface area contributed by atoms with Crippen molar-refractivity contribution in [3.05, 3.63) is 46.2 Å². The van der Waals surface area contributed by atoms with E-state index in [1.807, 2.05) is 12.1 Å². The summed E-state index contributed by atoms with van der Waals surface area (Å²) in [5.74, 6) is 1.57. The van der Waals surface area contributed by atoms with Gasteiger partial charge in [0.25, 0.3) is 0 Å². The highest BCUT2D eigenvalue weighted by Crippen LogP contribution is 2.34. The summed E-state index contributed by atoms with van der Waals surface area (Å²) < 4.78 is 35.1. The number of hydrogen-bond acceptors (Lipinski definition) is 6. The van der Waals surface area contributed by atoms with Crippen LogP contribution in [-0.4, -0.2) is 51.9 Å². The minimum atomic E-state index is -3.37. The van der Waals surface area contributed by atoms with E-state index >= 15 is 0 Å². The molecule has 6 nitrogen and oxygen atoms in total. The van der Waals surface area contributed by atoms with E-state index in [2.05, 4.69) is 16.8 Å². The fraction of sp³-hybridized carbons (Fsp3) is 0.476. The van der Waals surface area contributed by atoms with Crippen molar-refractivity contribution in [2.24, 2.45) is 0 Å². The predicted molar refractivity (Wildman–Crippen MR) is 114 cm³/mol. The van der Waals surface area contributed by atoms with E-state index in [0.29, 0.717) is 10.7 Å². The summed E-state index contributed by atoms with van der Waals surface area (Å²) in [4.78, 5) is 7.00. The molecule has 0 radical (unpaired) electrons. The molecule has 1 aromatic heterocycles. The number of hydrogen-bond donors (Lipinski definition) is 0. The lowest BCUT2D eigenvalue weighted by atomic mass is 9.92. The fourth-order valence-electron chi connectivity index (χ4n) is 3.83. The third kappa shape index (κ3) is 5.02. The first-order valence-corrected chi connectivity index (χ1v) is 11.8. The standard InChI is InChI=1S/C21H27ClN2O4S/c1-14-9-18(27-2)19(28-3)10-16(14)13-24-7-5-15(6-8-24)21-20(29(4,25)26)11-17(22)12-23-21/h9-12,15H,5-8,13H2,1-4H3. The SMILES string of the molecule is COc1cc(C)c(CN2CCC(c3ncc(Cl)cc3S(C)(=O)=O)CC2)cc1OC. The van der Waals surface area contributed by atoms with Crippen molar-refractivity contribution in [2.45, 2.75) is 37.1 Å². The van der Waals surface area contributed by atoms with Crippen LogP contribution in [0.3, 0.4) is 0 Å². The Morgan fingerprint density at radius 2 is 1.76 bits per heavy atom. The monoisotopic (exact) mass is 438 g/mol. The molecule has 3 rings (SSSR count). The molecule has 1 aliphatic rings. The first-order chi connectivity index (χ1) is 13.7. The second kappa shape index (κ2) is 8.90. The molecule has 2 heterocycles. The third-order valence-corrected chi connectivity index (χ3v) is 6.79. The normalized spacial score (nSPS) is 16.0. The molecular formula is C21H27ClN2O4S. The number of rotatable bonds is 6. The third-order valence-electron chi connectivity index (χ3n) is 5.46. The molecule has 1 saturated heterocycles. The Bertz CT molecular complexity index is 986. The Kier molecular flexibility index (Phi) is 6.71. The van der Waals surface area contributed by atoms with Gasteiger partial charge in [-0.3, -0.25) is 9.88 Å². The Hall–Kier alpha value is -1.83. The summed E-state index contributed by atoms with van der Waals surface area (Å²) in [7, 11) is -0.0976. The first kappa shape index (κ1) is 21.9. The minimum Gasteiger partial charge on any atom is -0.493 e. The molecule has 1 fully saturated rings. The van der Waals surface area contributed by atoms with Crippen molar-refractivity contribution in [1.82, 2.24) is 9.88 Å². The molecule has 0 unspecified atom stereocenters. The Morgan fingerprint density at radius 1 is 1.14 bits per heavy atom. The molecular weight excluding hydrogens is 412 g/mol. The number of likely N-dealkylation sites (tertiary alicyclic amines) is 1. The summed E-state index contributed by atoms with van der Waals surface area (Å²) in [6.07, 6.45) is 4.44. The van der Waals surface area contributed by atoms with Crippen molar-refractivity contribution < 1.29 is 17.9 Å². The number of ether oxygens (including phenoxy) is 2. The van der Waals surface area contributed by atoms with E-state index < -0.39 is 9.84 Å². The maximum absolute atomic E-state index is 12.2. The number of sulfone groups is 1. The van der Waals surface area contributed by atoms with Crippen LogP contribution in [0.15, 0.2) is 29.3 Å². The van der Waals surface area contributed by atoms with Crippen molar-refractivity contribution in [2.75, 3.05) is 33.6 Å². The van der Waals surface area contributed by atoms with E-state index in [-0.39, 0.29) is 10.8 Å². The molecule has 0 N–H and O–H groups in total. The Balaban J connectivity index is 1.73. The summed E-state index contributed by atoms with van der Waals surface area (Å²) in [6.45, 7) is 4.61. The van der Waals surface area contributed by atoms with Gasteiger partial charge in [-0.2, -0.15) is 0 Å². The van der Waals surface area contributed by atoms with E-state index in [1.54, 1.807) is 14.2 Å². The molecule has 0 spiro atoms. The van der Waals surface area contributed by atoms with Crippen molar-refractivity contribution in [1.29, 1.82) is 0 Å². The number of halogens is 1. The highest BCUT2D eigenvalue weighted by molar-refractivity contribution is 7.90. The molecule has 8 heteroatoms. The van der Waals surface area contributed by atoms with Gasteiger partial charge in [-0.1, -0.05) is 11.6 Å². The van der Waals surface area contributed by atoms with Gasteiger partial charge in [0.2, 0.25) is 0 Å². The number of piperidine rings is 1. The molecule has 0 bridgehead atoms. The van der Waals surface area contributed by atoms with Gasteiger partial charge in [-0.15, -0.1) is 0 Å². The van der Waals surface area contributed by atoms with E-state index in [0.717, 1.165) is 49.5 Å². The zero-order valence-electron chi connectivity index (χ0n) is 17.2. The largest absolute Gasteiger partial charge is 0.493 e. The Labute approximate surface area is 177 Å². The molecule has 1 aliphatic heterocycles. The van der Waals surface area contributed by atoms with Crippen molar-refractivity contribution in [3.8, 4) is 11.5 Å². The minimum absolute atomic E-state index is 0.111. The zero-order chi connectivity index (χ0) is 21.2. The number of pyridine rings is 1. The molecule has 0 saturated carbocycles. The van der Waals surface area contributed by atoms with Gasteiger partial charge >= 0.3 is 0 Å². The van der Waals surface area contributed by atoms with Gasteiger partial charge in [0.15, 0.2) is 21.3 Å². The molecule has 0 aliphatic carbocycles. The van der Waals surface area contributed by atoms with Gasteiger partial charge in [-0.05, 0) is 62.2 Å². The molecule has 1 aromatic carbocycles. The molecule has 29 heavy (non-hydrogen) atoms. The number of aryl methyl sites for hydroxylation is 1. The van der Waals surface area contributed by atoms with E-state index in [4.69, 9.17) is 21.1 Å². The second-order valence-electron chi connectivity index (χ2n) is 7.49. The average Bonchev–Trinajstić information content (AvgIpc) is 2.69. The smallest absolute Gasteiger partial charge is 0.177 e. The average molecular weight is 439 g/mol. The highest BCUT2D eigenvalue weighted by Gasteiger charge is 2.27. The maximum atomic E-state index is 12.2. The van der Waals surface area contributed by atoms with Gasteiger partial charge in [0.1, 0.15) is 0 Å². The van der Waals surface area contributed by atoms with Gasteiger partial charge in [-0.25, -0.2) is 8.42 Å². The number of nitrogens with zero attached hydrogens (tertiary/aromatic N) is 2. The van der Waals surface area contributed by atoms with Crippen molar-refractivity contribution >= 4 is 21.4 Å². The number of aromatic nitrogens is 1. The zero-order valence-corrected chi connectivity index (χ0v) is 18.8. The van der Waals surface area contributed by atoms with Gasteiger partial charge < -0.3 is 9.47 Å². The quantitative estimate of drug-likeness (QED) is 0.682. The Morgan fingerprint density at radius 3 is 2.34 bits per heavy atom. The lowest BCUT2D eigenvalue weighted by Crippen LogP contribution is -2.33. The van der Waals surface area contributed by atoms with Crippen LogP contribution >= 0.6 is 11.6 Å². The lowest BCUT2D eigenvalue weighted by Gasteiger charge is -2.32. The summed E-state index contributed by atoms with van der Waals surface area (Å²) in [5.41, 5.74) is 2.99. The van der Waals surface area contributed by atoms with Crippen LogP contribution in [0.2, 0.25) is 5.02 Å². The van der Waals surface area contributed by atoms with Crippen LogP contribution in [0.25, 0.3) is 0 Å². The predicted octanol–water partition coefficient (Wildman–Crippen LogP) is 3.84. The molecule has 2 aromatic rings. The second-order valence-corrected chi connectivity index (χ2v) is 9.91. The van der Waals surface area contributed by atoms with Crippen LogP contribution < -0.4 is 9.47 Å². The van der Waals surface area contributed by atoms with Crippen molar-refractivity contribution in [3.63, 3.8) is 0 Å². The van der Waals surface area contributed by atoms with Gasteiger partial charge in [0, 0.05) is 24.9 Å². The first-order valence-electron chi connectivity index (χ1n) is 9.52. The van der Waals surface area contributed by atoms with Crippen LogP contribution in [0.4, 0.5) is 0 Å². The van der Waals surface area contributed by atoms with Crippen LogP contribution in [0, 0.1) is 6.92 Å². The summed E-state index contributed by atoms with van der Waals surface area (Å²) in [5, 5.41) is 0.343. The van der Waals surface area contributed by atoms with E-state index in [1.165, 1.54) is 24.1 Å². The van der Waals surface area contributed by atoms with Crippen LogP contribution in [0.1, 0.15) is 35.6 Å². The molecule has 0 atom stereocenters. The number of methoxy groups -OCH3 is 2. The molecule has 0 amide bonds. The summed E-state index contributed by atoms with van der Waals surface area (Å²) in [6, 6.07) is 5.54. The fourth-order valence-corrected chi connectivity index (χ4v) is 5.00. The van der Waals surface area contributed by atoms with Crippen LogP contribution in [-0.2, 0) is 16.4 Å². The topological polar surface area (TPSA) is 68.7 Å². The highest BCUT2D eigenvalue weighted by atomic mass is 35.5. The van der Waals surface area contributed by atoms with Gasteiger partial charge in [0.05, 0.1) is 29.8 Å². The summed E-state index contributed by atoms with van der Waals surface area (Å²) >= 11 is 5.98. The number of benzene rings is 1. The van der Waals surface area contributed by atoms with Crippen LogP contribution in [0.5, 0.6) is 11.5 Å². The maximum Gasteiger partial charge on any atom is 0.177 e. The molecule has 158 valence electrons. The lowest BCUT2D eigenvalue weighted by molar-refractivity contribution is 0.201. The van der Waals surface area contributed by atoms with E-state index in [9.17, 15) is 8.42 Å².